The second-order valence-electron chi connectivity index (χ2n) is 5.79. The predicted octanol–water partition coefficient (Wildman–Crippen LogP) is 5.46. The highest BCUT2D eigenvalue weighted by molar-refractivity contribution is 5.53. The van der Waals surface area contributed by atoms with Crippen LogP contribution >= 0.6 is 0 Å². The zero-order valence-electron chi connectivity index (χ0n) is 14.0. The standard InChI is InChI=1S/C18H33N3/c1-3-5-6-7-8-9-10-11-13-21-18-14-17(15-19-16-18)20-12-4-2/h14-16,20-21H,3-13H2,1-2H3. The van der Waals surface area contributed by atoms with Crippen molar-refractivity contribution in [1.29, 1.82) is 0 Å². The average molecular weight is 291 g/mol. The molecular weight excluding hydrogens is 258 g/mol. The Morgan fingerprint density at radius 2 is 1.29 bits per heavy atom. The molecule has 1 aromatic rings. The number of pyridine rings is 1. The molecule has 0 aliphatic rings. The summed E-state index contributed by atoms with van der Waals surface area (Å²) in [6.45, 7) is 6.50. The van der Waals surface area contributed by atoms with Crippen molar-refractivity contribution >= 4 is 11.4 Å². The van der Waals surface area contributed by atoms with Gasteiger partial charge in [0.15, 0.2) is 0 Å². The number of hydrogen-bond acceptors (Lipinski definition) is 3. The summed E-state index contributed by atoms with van der Waals surface area (Å²) in [5, 5.41) is 6.84. The Kier molecular flexibility index (Phi) is 10.6. The van der Waals surface area contributed by atoms with Gasteiger partial charge in [0.05, 0.1) is 23.8 Å². The van der Waals surface area contributed by atoms with E-state index in [0.29, 0.717) is 0 Å². The number of hydrogen-bond donors (Lipinski definition) is 2. The molecule has 0 saturated heterocycles. The molecule has 0 unspecified atom stereocenters. The fourth-order valence-electron chi connectivity index (χ4n) is 2.39. The van der Waals surface area contributed by atoms with Gasteiger partial charge in [-0.15, -0.1) is 0 Å². The second kappa shape index (κ2) is 12.5. The van der Waals surface area contributed by atoms with Gasteiger partial charge in [-0.05, 0) is 18.9 Å². The topological polar surface area (TPSA) is 37.0 Å². The number of nitrogens with one attached hydrogen (secondary N) is 2. The van der Waals surface area contributed by atoms with Crippen LogP contribution in [0, 0.1) is 0 Å². The van der Waals surface area contributed by atoms with Crippen molar-refractivity contribution in [2.45, 2.75) is 71.6 Å². The highest BCUT2D eigenvalue weighted by atomic mass is 14.9. The molecule has 0 atom stereocenters. The Labute approximate surface area is 130 Å². The second-order valence-corrected chi connectivity index (χ2v) is 5.79. The summed E-state index contributed by atoms with van der Waals surface area (Å²) in [5.41, 5.74) is 2.23. The molecule has 2 N–H and O–H groups in total. The molecule has 0 bridgehead atoms. The van der Waals surface area contributed by atoms with Crippen molar-refractivity contribution in [2.24, 2.45) is 0 Å². The van der Waals surface area contributed by atoms with Gasteiger partial charge in [-0.25, -0.2) is 0 Å². The van der Waals surface area contributed by atoms with Crippen LogP contribution in [0.5, 0.6) is 0 Å². The van der Waals surface area contributed by atoms with E-state index in [-0.39, 0.29) is 0 Å². The van der Waals surface area contributed by atoms with Crippen LogP contribution in [0.1, 0.15) is 71.6 Å². The maximum atomic E-state index is 4.27. The van der Waals surface area contributed by atoms with Gasteiger partial charge in [0.2, 0.25) is 0 Å². The summed E-state index contributed by atoms with van der Waals surface area (Å²) >= 11 is 0. The van der Waals surface area contributed by atoms with Crippen LogP contribution in [0.15, 0.2) is 18.5 Å². The van der Waals surface area contributed by atoms with Gasteiger partial charge in [0, 0.05) is 13.1 Å². The Balaban J connectivity index is 2.04. The largest absolute Gasteiger partial charge is 0.384 e. The maximum absolute atomic E-state index is 4.27. The fraction of sp³-hybridized carbons (Fsp3) is 0.722. The molecule has 0 aliphatic heterocycles. The van der Waals surface area contributed by atoms with Gasteiger partial charge in [-0.2, -0.15) is 0 Å². The zero-order valence-corrected chi connectivity index (χ0v) is 14.0. The molecule has 1 heterocycles. The minimum atomic E-state index is 1.00. The molecule has 0 amide bonds. The van der Waals surface area contributed by atoms with Crippen molar-refractivity contribution in [3.8, 4) is 0 Å². The molecule has 3 nitrogen and oxygen atoms in total. The Morgan fingerprint density at radius 1 is 0.714 bits per heavy atom. The number of aromatic nitrogens is 1. The lowest BCUT2D eigenvalue weighted by Gasteiger charge is -2.09. The third-order valence-electron chi connectivity index (χ3n) is 3.68. The van der Waals surface area contributed by atoms with Gasteiger partial charge in [0.25, 0.3) is 0 Å². The van der Waals surface area contributed by atoms with E-state index in [1.165, 1.54) is 51.4 Å². The van der Waals surface area contributed by atoms with Crippen molar-refractivity contribution in [3.05, 3.63) is 18.5 Å². The molecule has 1 rings (SSSR count). The minimum absolute atomic E-state index is 1.00. The molecule has 21 heavy (non-hydrogen) atoms. The fourth-order valence-corrected chi connectivity index (χ4v) is 2.39. The van der Waals surface area contributed by atoms with E-state index in [4.69, 9.17) is 0 Å². The number of nitrogens with zero attached hydrogens (tertiary/aromatic N) is 1. The molecule has 0 radical (unpaired) electrons. The highest BCUT2D eigenvalue weighted by Crippen LogP contribution is 2.13. The van der Waals surface area contributed by atoms with Crippen LogP contribution in [0.3, 0.4) is 0 Å². The first kappa shape index (κ1) is 17.8. The van der Waals surface area contributed by atoms with E-state index in [0.717, 1.165) is 30.9 Å². The van der Waals surface area contributed by atoms with Crippen LogP contribution < -0.4 is 10.6 Å². The molecule has 0 aromatic carbocycles. The summed E-state index contributed by atoms with van der Waals surface area (Å²) < 4.78 is 0. The Morgan fingerprint density at radius 3 is 1.90 bits per heavy atom. The van der Waals surface area contributed by atoms with E-state index < -0.39 is 0 Å². The quantitative estimate of drug-likeness (QED) is 0.474. The van der Waals surface area contributed by atoms with Crippen molar-refractivity contribution in [1.82, 2.24) is 4.98 Å². The van der Waals surface area contributed by atoms with Crippen LogP contribution in [0.25, 0.3) is 0 Å². The summed E-state index contributed by atoms with van der Waals surface area (Å²) in [5.74, 6) is 0. The smallest absolute Gasteiger partial charge is 0.0547 e. The first-order chi connectivity index (χ1) is 10.4. The molecule has 120 valence electrons. The van der Waals surface area contributed by atoms with Gasteiger partial charge >= 0.3 is 0 Å². The number of anilines is 2. The molecule has 0 spiro atoms. The molecule has 1 aromatic heterocycles. The van der Waals surface area contributed by atoms with E-state index >= 15 is 0 Å². The highest BCUT2D eigenvalue weighted by Gasteiger charge is 1.96. The monoisotopic (exact) mass is 291 g/mol. The SMILES string of the molecule is CCCCCCCCCCNc1cncc(NCCC)c1. The van der Waals surface area contributed by atoms with E-state index in [2.05, 4.69) is 35.5 Å². The predicted molar refractivity (Wildman–Crippen MR) is 94.1 cm³/mol. The zero-order chi connectivity index (χ0) is 15.2. The van der Waals surface area contributed by atoms with Crippen molar-refractivity contribution in [2.75, 3.05) is 23.7 Å². The Bertz CT molecular complexity index is 352. The lowest BCUT2D eigenvalue weighted by atomic mass is 10.1. The molecule has 0 aliphatic carbocycles. The first-order valence-corrected chi connectivity index (χ1v) is 8.79. The van der Waals surface area contributed by atoms with Gasteiger partial charge in [-0.1, -0.05) is 58.8 Å². The van der Waals surface area contributed by atoms with E-state index in [1.54, 1.807) is 0 Å². The Hall–Kier alpha value is -1.25. The lowest BCUT2D eigenvalue weighted by Crippen LogP contribution is -2.04. The van der Waals surface area contributed by atoms with Crippen LogP contribution in [0.4, 0.5) is 11.4 Å². The van der Waals surface area contributed by atoms with Crippen LogP contribution in [-0.2, 0) is 0 Å². The van der Waals surface area contributed by atoms with E-state index in [9.17, 15) is 0 Å². The molecule has 3 heteroatoms. The lowest BCUT2D eigenvalue weighted by molar-refractivity contribution is 0.581. The van der Waals surface area contributed by atoms with Crippen LogP contribution in [0.2, 0.25) is 0 Å². The summed E-state index contributed by atoms with van der Waals surface area (Å²) in [4.78, 5) is 4.27. The molecule has 0 saturated carbocycles. The molecular formula is C18H33N3. The van der Waals surface area contributed by atoms with Crippen LogP contribution in [-0.4, -0.2) is 18.1 Å². The third kappa shape index (κ3) is 9.33. The van der Waals surface area contributed by atoms with Gasteiger partial charge in [0.1, 0.15) is 0 Å². The van der Waals surface area contributed by atoms with Crippen molar-refractivity contribution < 1.29 is 0 Å². The first-order valence-electron chi connectivity index (χ1n) is 8.79. The van der Waals surface area contributed by atoms with Gasteiger partial charge in [-0.3, -0.25) is 4.98 Å². The third-order valence-corrected chi connectivity index (χ3v) is 3.68. The normalized spacial score (nSPS) is 10.6. The number of unbranched alkanes of at least 4 members (excludes halogenated alkanes) is 7. The van der Waals surface area contributed by atoms with Crippen molar-refractivity contribution in [3.63, 3.8) is 0 Å². The number of rotatable bonds is 13. The summed E-state index contributed by atoms with van der Waals surface area (Å²) in [7, 11) is 0. The van der Waals surface area contributed by atoms with E-state index in [1.807, 2.05) is 12.4 Å². The molecule has 0 fully saturated rings. The average Bonchev–Trinajstić information content (AvgIpc) is 2.52. The minimum Gasteiger partial charge on any atom is -0.384 e. The maximum Gasteiger partial charge on any atom is 0.0547 e. The van der Waals surface area contributed by atoms with Gasteiger partial charge < -0.3 is 10.6 Å². The summed E-state index contributed by atoms with van der Waals surface area (Å²) in [6.07, 6.45) is 15.9. The summed E-state index contributed by atoms with van der Waals surface area (Å²) in [6, 6.07) is 2.15.